The molecule has 1 unspecified atom stereocenters. The maximum absolute atomic E-state index is 12.0. The Morgan fingerprint density at radius 3 is 2.58 bits per heavy atom. The monoisotopic (exact) mass is 559 g/mol. The van der Waals surface area contributed by atoms with Crippen LogP contribution in [0.4, 0.5) is 5.82 Å². The van der Waals surface area contributed by atoms with Crippen molar-refractivity contribution >= 4 is 24.4 Å². The third-order valence-electron chi connectivity index (χ3n) is 6.84. The predicted octanol–water partition coefficient (Wildman–Crippen LogP) is 1.39. The fraction of sp³-hybridized carbons (Fsp3) is 0.783. The highest BCUT2D eigenvalue weighted by Crippen LogP contribution is 2.51. The molecule has 2 aliphatic rings. The Balaban J connectivity index is 1.60. The summed E-state index contributed by atoms with van der Waals surface area (Å²) in [5, 5.41) is 28.0. The summed E-state index contributed by atoms with van der Waals surface area (Å²) in [6, 6.07) is 0.417. The quantitative estimate of drug-likeness (QED) is 0.235. The maximum atomic E-state index is 12.0. The first-order valence-electron chi connectivity index (χ1n) is 12.8. The zero-order chi connectivity index (χ0) is 27.7. The second-order valence-electron chi connectivity index (χ2n) is 10.5. The van der Waals surface area contributed by atoms with Gasteiger partial charge in [0.15, 0.2) is 17.2 Å². The summed E-state index contributed by atoms with van der Waals surface area (Å²) in [6.07, 6.45) is 0.794. The number of fused-ring (bicyclic) bond motifs is 1. The van der Waals surface area contributed by atoms with Gasteiger partial charge in [-0.2, -0.15) is 15.1 Å². The van der Waals surface area contributed by atoms with Crippen LogP contribution in [-0.4, -0.2) is 96.4 Å². The van der Waals surface area contributed by atoms with Crippen LogP contribution in [0.2, 0.25) is 0 Å². The van der Waals surface area contributed by atoms with Crippen LogP contribution in [0.15, 0.2) is 6.20 Å². The van der Waals surface area contributed by atoms with E-state index in [0.717, 1.165) is 25.7 Å². The first-order chi connectivity index (χ1) is 17.9. The van der Waals surface area contributed by atoms with Crippen molar-refractivity contribution in [2.24, 2.45) is 5.92 Å². The van der Waals surface area contributed by atoms with Gasteiger partial charge in [0.2, 0.25) is 0 Å². The fourth-order valence-corrected chi connectivity index (χ4v) is 5.12. The van der Waals surface area contributed by atoms with Crippen LogP contribution in [0.25, 0.3) is 11.0 Å². The van der Waals surface area contributed by atoms with Crippen molar-refractivity contribution in [3.05, 3.63) is 6.20 Å². The highest BCUT2D eigenvalue weighted by atomic mass is 31.2. The molecule has 2 aromatic rings. The van der Waals surface area contributed by atoms with E-state index in [2.05, 4.69) is 20.4 Å². The summed E-state index contributed by atoms with van der Waals surface area (Å²) in [5.74, 6) is 0.815. The molecule has 5 N–H and O–H groups in total. The number of hydrogen-bond acceptors (Lipinski definition) is 11. The molecule has 1 aliphatic heterocycles. The molecule has 15 heteroatoms. The minimum absolute atomic E-state index is 0.151. The van der Waals surface area contributed by atoms with Gasteiger partial charge >= 0.3 is 13.6 Å². The zero-order valence-electron chi connectivity index (χ0n) is 22.1. The van der Waals surface area contributed by atoms with Crippen LogP contribution in [0.1, 0.15) is 52.7 Å². The van der Waals surface area contributed by atoms with E-state index in [0.29, 0.717) is 23.5 Å². The number of nitrogens with zero attached hydrogens (tertiary/aromatic N) is 4. The van der Waals surface area contributed by atoms with Crippen molar-refractivity contribution in [2.45, 2.75) is 82.4 Å². The smallest absolute Gasteiger partial charge is 0.359 e. The standard InChI is InChI=1S/C23H38N5O9P/c1-13(2)10-35-22-26-19(25-14-7-5-6-8-14)15-9-24-28(20(15)27-22)21-18(30)17(29)16(37-21)11-36-23(3,12-34-4)38(31,32)33/h9,13-14,16-18,21,29-30H,5-8,10-12H2,1-4H3,(H,25,26,27)(H2,31,32,33)/t16-,17-,18-,21-,23?/m1/s1. The van der Waals surface area contributed by atoms with Gasteiger partial charge in [0.1, 0.15) is 24.1 Å². The van der Waals surface area contributed by atoms with E-state index in [1.165, 1.54) is 18.7 Å². The van der Waals surface area contributed by atoms with Crippen LogP contribution in [0.3, 0.4) is 0 Å². The predicted molar refractivity (Wildman–Crippen MR) is 136 cm³/mol. The summed E-state index contributed by atoms with van der Waals surface area (Å²) in [4.78, 5) is 28.5. The highest BCUT2D eigenvalue weighted by molar-refractivity contribution is 7.53. The van der Waals surface area contributed by atoms with Crippen molar-refractivity contribution in [1.82, 2.24) is 19.7 Å². The highest BCUT2D eigenvalue weighted by Gasteiger charge is 2.49. The second-order valence-corrected chi connectivity index (χ2v) is 12.6. The van der Waals surface area contributed by atoms with E-state index in [-0.39, 0.29) is 24.6 Å². The van der Waals surface area contributed by atoms with Gasteiger partial charge in [0.25, 0.3) is 0 Å². The minimum atomic E-state index is -4.73. The van der Waals surface area contributed by atoms with E-state index in [4.69, 9.17) is 18.9 Å². The number of aliphatic hydroxyl groups is 2. The van der Waals surface area contributed by atoms with Gasteiger partial charge in [-0.15, -0.1) is 0 Å². The zero-order valence-corrected chi connectivity index (χ0v) is 23.0. The molecule has 1 saturated heterocycles. The largest absolute Gasteiger partial charge is 0.463 e. The van der Waals surface area contributed by atoms with Crippen molar-refractivity contribution in [3.8, 4) is 6.01 Å². The molecule has 0 radical (unpaired) electrons. The summed E-state index contributed by atoms with van der Waals surface area (Å²) in [7, 11) is -3.44. The van der Waals surface area contributed by atoms with E-state index in [9.17, 15) is 24.6 Å². The Morgan fingerprint density at radius 2 is 1.95 bits per heavy atom. The van der Waals surface area contributed by atoms with Crippen LogP contribution in [0.5, 0.6) is 6.01 Å². The third kappa shape index (κ3) is 6.13. The van der Waals surface area contributed by atoms with Gasteiger partial charge in [-0.25, -0.2) is 4.68 Å². The molecule has 14 nitrogen and oxygen atoms in total. The Hall–Kier alpha value is -1.90. The number of methoxy groups -OCH3 is 1. The van der Waals surface area contributed by atoms with Crippen molar-refractivity contribution in [1.29, 1.82) is 0 Å². The Labute approximate surface area is 220 Å². The van der Waals surface area contributed by atoms with Crippen LogP contribution in [0, 0.1) is 5.92 Å². The lowest BCUT2D eigenvalue weighted by Crippen LogP contribution is -2.40. The molecule has 5 atom stereocenters. The summed E-state index contributed by atoms with van der Waals surface area (Å²) in [6.45, 7) is 4.84. The maximum Gasteiger partial charge on any atom is 0.359 e. The molecule has 4 rings (SSSR count). The van der Waals surface area contributed by atoms with E-state index >= 15 is 0 Å². The van der Waals surface area contributed by atoms with Gasteiger partial charge < -0.3 is 44.3 Å². The number of ether oxygens (including phenoxy) is 4. The Bertz CT molecular complexity index is 1140. The number of aliphatic hydroxyl groups excluding tert-OH is 2. The average molecular weight is 560 g/mol. The summed E-state index contributed by atoms with van der Waals surface area (Å²) < 4.78 is 35.4. The average Bonchev–Trinajstić information content (AvgIpc) is 3.57. The molecule has 3 heterocycles. The normalized spacial score (nSPS) is 26.3. The summed E-state index contributed by atoms with van der Waals surface area (Å²) >= 11 is 0. The van der Waals surface area contributed by atoms with Gasteiger partial charge in [-0.05, 0) is 25.7 Å². The number of rotatable bonds is 12. The first kappa shape index (κ1) is 29.1. The van der Waals surface area contributed by atoms with E-state index in [1.54, 1.807) is 6.20 Å². The molecule has 0 bridgehead atoms. The molecule has 0 aromatic carbocycles. The van der Waals surface area contributed by atoms with E-state index < -0.39 is 44.1 Å². The Morgan fingerprint density at radius 1 is 1.24 bits per heavy atom. The molecule has 1 saturated carbocycles. The SMILES string of the molecule is COCC(C)(OC[C@H]1O[C@@H](n2ncc3c(NC4CCCC4)nc(OCC(C)C)nc32)[C@H](O)[C@@H]1O)P(=O)(O)O. The first-order valence-corrected chi connectivity index (χ1v) is 14.4. The van der Waals surface area contributed by atoms with Crippen LogP contribution in [-0.2, 0) is 18.8 Å². The molecule has 1 aliphatic carbocycles. The number of aromatic nitrogens is 4. The van der Waals surface area contributed by atoms with Crippen LogP contribution >= 0.6 is 7.60 Å². The molecule has 214 valence electrons. The summed E-state index contributed by atoms with van der Waals surface area (Å²) in [5.41, 5.74) is 0.344. The molecular formula is C23H38N5O9P. The van der Waals surface area contributed by atoms with E-state index in [1.807, 2.05) is 13.8 Å². The number of hydrogen-bond donors (Lipinski definition) is 5. The topological polar surface area (TPSA) is 191 Å². The lowest BCUT2D eigenvalue weighted by atomic mass is 10.1. The number of nitrogens with one attached hydrogen (secondary N) is 1. The van der Waals surface area contributed by atoms with Crippen molar-refractivity contribution < 1.29 is 43.5 Å². The molecule has 2 fully saturated rings. The lowest BCUT2D eigenvalue weighted by Gasteiger charge is -2.31. The van der Waals surface area contributed by atoms with Gasteiger partial charge in [0.05, 0.1) is 31.4 Å². The molecule has 38 heavy (non-hydrogen) atoms. The van der Waals surface area contributed by atoms with Crippen molar-refractivity contribution in [2.75, 3.05) is 32.2 Å². The Kier molecular flexibility index (Phi) is 8.95. The van der Waals surface area contributed by atoms with Gasteiger partial charge in [0, 0.05) is 13.2 Å². The molecule has 0 amide bonds. The van der Waals surface area contributed by atoms with Crippen molar-refractivity contribution in [3.63, 3.8) is 0 Å². The lowest BCUT2D eigenvalue weighted by molar-refractivity contribution is -0.107. The minimum Gasteiger partial charge on any atom is -0.463 e. The second kappa shape index (κ2) is 11.7. The number of anilines is 1. The molecule has 2 aromatic heterocycles. The molecular weight excluding hydrogens is 521 g/mol. The third-order valence-corrected chi connectivity index (χ3v) is 8.33. The molecule has 0 spiro atoms. The van der Waals surface area contributed by atoms with Gasteiger partial charge in [-0.3, -0.25) is 4.57 Å². The van der Waals surface area contributed by atoms with Crippen LogP contribution < -0.4 is 10.1 Å². The van der Waals surface area contributed by atoms with Gasteiger partial charge in [-0.1, -0.05) is 26.7 Å². The fourth-order valence-electron chi connectivity index (χ4n) is 4.58.